The summed E-state index contributed by atoms with van der Waals surface area (Å²) in [5, 5.41) is 2.90. The van der Waals surface area contributed by atoms with E-state index in [9.17, 15) is 19.2 Å². The number of benzene rings is 2. The van der Waals surface area contributed by atoms with E-state index in [0.717, 1.165) is 69.8 Å². The van der Waals surface area contributed by atoms with E-state index in [-0.39, 0.29) is 60.4 Å². The van der Waals surface area contributed by atoms with Gasteiger partial charge < -0.3 is 35.6 Å². The van der Waals surface area contributed by atoms with Crippen LogP contribution in [0.1, 0.15) is 125 Å². The van der Waals surface area contributed by atoms with Crippen LogP contribution in [0.2, 0.25) is 0 Å². The first-order valence-electron chi connectivity index (χ1n) is 22.6. The Kier molecular flexibility index (Phi) is 15.3. The summed E-state index contributed by atoms with van der Waals surface area (Å²) in [5.74, 6) is -0.584. The summed E-state index contributed by atoms with van der Waals surface area (Å²) >= 11 is 0. The molecule has 5 N–H and O–H groups in total. The summed E-state index contributed by atoms with van der Waals surface area (Å²) in [6.07, 6.45) is 13.9. The van der Waals surface area contributed by atoms with Crippen LogP contribution in [0.25, 0.3) is 11.1 Å². The molecule has 4 aliphatic rings. The van der Waals surface area contributed by atoms with Gasteiger partial charge in [-0.15, -0.1) is 0 Å². The number of alkyl carbamates (subject to hydrolysis) is 1. The summed E-state index contributed by atoms with van der Waals surface area (Å²) in [7, 11) is 0. The number of amides is 2. The smallest absolute Gasteiger partial charge is 0.407 e. The van der Waals surface area contributed by atoms with E-state index < -0.39 is 24.1 Å². The molecule has 3 aliphatic carbocycles. The zero-order valence-electron chi connectivity index (χ0n) is 35.0. The van der Waals surface area contributed by atoms with Gasteiger partial charge in [-0.2, -0.15) is 0 Å². The molecule has 60 heavy (non-hydrogen) atoms. The first-order chi connectivity index (χ1) is 29.2. The number of fused-ring (bicyclic) bond motifs is 1. The minimum absolute atomic E-state index is 0.0162. The van der Waals surface area contributed by atoms with Crippen LogP contribution in [0.4, 0.5) is 4.79 Å². The maximum Gasteiger partial charge on any atom is 0.407 e. The highest BCUT2D eigenvalue weighted by Crippen LogP contribution is 2.35. The SMILES string of the molecule is NC(N)=NC1CCC(C[C@H](CC(=O)[C@@H]2C[C@@H](OCC3CCCCC3)CN2C(=O)[C@@H](CCc2ccccc2)NC(=O)OCC2CCCC2)C(=O)c2nc3ccccc3o2)CC1. The van der Waals surface area contributed by atoms with Crippen molar-refractivity contribution in [3.8, 4) is 0 Å². The minimum Gasteiger partial charge on any atom is -0.449 e. The van der Waals surface area contributed by atoms with Gasteiger partial charge in [0.05, 0.1) is 24.8 Å². The number of para-hydroxylation sites is 2. The summed E-state index contributed by atoms with van der Waals surface area (Å²) in [5.41, 5.74) is 13.5. The molecule has 2 heterocycles. The molecule has 0 unspecified atom stereocenters. The van der Waals surface area contributed by atoms with Crippen molar-refractivity contribution in [1.29, 1.82) is 0 Å². The van der Waals surface area contributed by atoms with Gasteiger partial charge in [0, 0.05) is 31.9 Å². The van der Waals surface area contributed by atoms with Crippen molar-refractivity contribution in [3.05, 3.63) is 66.1 Å². The van der Waals surface area contributed by atoms with Crippen LogP contribution in [0, 0.1) is 23.7 Å². The normalized spacial score (nSPS) is 23.6. The number of nitrogens with one attached hydrogen (secondary N) is 1. The largest absolute Gasteiger partial charge is 0.449 e. The number of ketones is 2. The Morgan fingerprint density at radius 3 is 2.23 bits per heavy atom. The molecule has 3 aromatic rings. The summed E-state index contributed by atoms with van der Waals surface area (Å²) in [6.45, 7) is 1.12. The Balaban J connectivity index is 1.11. The molecule has 324 valence electrons. The number of Topliss-reactive ketones (excluding diaryl/α,β-unsaturated/α-hetero) is 2. The average molecular weight is 825 g/mol. The molecular formula is C47H64N6O7. The number of aryl methyl sites for hydroxylation is 1. The number of oxazole rings is 1. The van der Waals surface area contributed by atoms with Crippen LogP contribution in [0.15, 0.2) is 64.0 Å². The lowest BCUT2D eigenvalue weighted by Crippen LogP contribution is -2.52. The highest BCUT2D eigenvalue weighted by molar-refractivity contribution is 6.00. The lowest BCUT2D eigenvalue weighted by atomic mass is 9.78. The van der Waals surface area contributed by atoms with Gasteiger partial charge in [-0.3, -0.25) is 19.4 Å². The maximum absolute atomic E-state index is 14.8. The third-order valence-electron chi connectivity index (χ3n) is 13.4. The molecule has 2 amide bonds. The van der Waals surface area contributed by atoms with Crippen LogP contribution >= 0.6 is 0 Å². The van der Waals surface area contributed by atoms with Gasteiger partial charge in [0.1, 0.15) is 11.6 Å². The van der Waals surface area contributed by atoms with E-state index in [1.54, 1.807) is 17.0 Å². The molecule has 13 heteroatoms. The predicted octanol–water partition coefficient (Wildman–Crippen LogP) is 7.29. The second-order valence-corrected chi connectivity index (χ2v) is 17.9. The van der Waals surface area contributed by atoms with Crippen LogP contribution < -0.4 is 16.8 Å². The van der Waals surface area contributed by atoms with Gasteiger partial charge in [0.15, 0.2) is 17.3 Å². The van der Waals surface area contributed by atoms with Crippen molar-refractivity contribution in [2.45, 2.75) is 140 Å². The zero-order chi connectivity index (χ0) is 41.8. The molecule has 0 bridgehead atoms. The number of likely N-dealkylation sites (tertiary alicyclic amines) is 1. The fourth-order valence-corrected chi connectivity index (χ4v) is 10.00. The summed E-state index contributed by atoms with van der Waals surface area (Å²) in [6, 6.07) is 15.3. The number of nitrogens with zero attached hydrogens (tertiary/aromatic N) is 3. The van der Waals surface area contributed by atoms with Crippen molar-refractivity contribution < 1.29 is 33.1 Å². The lowest BCUT2D eigenvalue weighted by molar-refractivity contribution is -0.139. The molecule has 1 aliphatic heterocycles. The van der Waals surface area contributed by atoms with Crippen LogP contribution in [-0.4, -0.2) is 83.4 Å². The van der Waals surface area contributed by atoms with Crippen molar-refractivity contribution >= 4 is 40.6 Å². The summed E-state index contributed by atoms with van der Waals surface area (Å²) in [4.78, 5) is 67.8. The van der Waals surface area contributed by atoms with Crippen molar-refractivity contribution in [2.24, 2.45) is 40.1 Å². The lowest BCUT2D eigenvalue weighted by Gasteiger charge is -2.31. The second-order valence-electron chi connectivity index (χ2n) is 17.9. The van der Waals surface area contributed by atoms with Gasteiger partial charge in [0.2, 0.25) is 11.7 Å². The van der Waals surface area contributed by atoms with Crippen LogP contribution in [-0.2, 0) is 25.5 Å². The molecule has 0 radical (unpaired) electrons. The fourth-order valence-electron chi connectivity index (χ4n) is 10.00. The first-order valence-corrected chi connectivity index (χ1v) is 22.6. The number of guanidine groups is 1. The molecule has 2 aromatic carbocycles. The van der Waals surface area contributed by atoms with Gasteiger partial charge in [-0.05, 0) is 106 Å². The Hall–Kier alpha value is -4.78. The highest BCUT2D eigenvalue weighted by Gasteiger charge is 2.44. The standard InChI is InChI=1S/C47H64N6O7/c48-46(49)50-36-22-19-32(20-23-36)25-35(43(55)44-51-38-17-9-10-18-42(38)60-44)26-41(54)40-27-37(58-29-33-13-5-2-6-14-33)28-53(40)45(56)39(24-21-31-11-3-1-4-12-31)52-47(57)59-30-34-15-7-8-16-34/h1,3-4,9-12,17-18,32-37,39-40H,2,5-8,13-16,19-30H2,(H,52,57)(H4,48,49,50)/t32?,35-,36?,37-,39-,40+/m1/s1. The minimum atomic E-state index is -0.925. The van der Waals surface area contributed by atoms with Crippen LogP contribution in [0.5, 0.6) is 0 Å². The average Bonchev–Trinajstić information content (AvgIpc) is 4.05. The topological polar surface area (TPSA) is 192 Å². The van der Waals surface area contributed by atoms with Gasteiger partial charge in [-0.25, -0.2) is 9.78 Å². The highest BCUT2D eigenvalue weighted by atomic mass is 16.5. The number of aromatic nitrogens is 1. The van der Waals surface area contributed by atoms with E-state index in [0.29, 0.717) is 61.8 Å². The van der Waals surface area contributed by atoms with Gasteiger partial charge >= 0.3 is 6.09 Å². The molecule has 7 rings (SSSR count). The number of carbonyl (C=O) groups is 4. The maximum atomic E-state index is 14.8. The number of aliphatic imine (C=N–C) groups is 1. The molecule has 4 fully saturated rings. The molecule has 4 atom stereocenters. The third-order valence-corrected chi connectivity index (χ3v) is 13.4. The first kappa shape index (κ1) is 43.3. The Labute approximate surface area is 353 Å². The van der Waals surface area contributed by atoms with E-state index in [1.807, 2.05) is 42.5 Å². The van der Waals surface area contributed by atoms with Gasteiger partial charge in [0.25, 0.3) is 5.89 Å². The van der Waals surface area contributed by atoms with E-state index in [4.69, 9.17) is 25.4 Å². The van der Waals surface area contributed by atoms with Crippen molar-refractivity contribution in [3.63, 3.8) is 0 Å². The van der Waals surface area contributed by atoms with Gasteiger partial charge in [-0.1, -0.05) is 74.6 Å². The van der Waals surface area contributed by atoms with E-state index in [2.05, 4.69) is 15.3 Å². The molecule has 3 saturated carbocycles. The molecule has 1 saturated heterocycles. The number of carbonyl (C=O) groups excluding carboxylic acids is 4. The zero-order valence-corrected chi connectivity index (χ0v) is 35.0. The number of nitrogens with two attached hydrogens (primary N) is 2. The third kappa shape index (κ3) is 11.9. The monoisotopic (exact) mass is 824 g/mol. The molecule has 0 spiro atoms. The molecule has 1 aromatic heterocycles. The predicted molar refractivity (Wildman–Crippen MR) is 229 cm³/mol. The molecule has 13 nitrogen and oxygen atoms in total. The number of hydrogen-bond acceptors (Lipinski definition) is 9. The number of hydrogen-bond donors (Lipinski definition) is 3. The quantitative estimate of drug-likeness (QED) is 0.0667. The van der Waals surface area contributed by atoms with Crippen molar-refractivity contribution in [1.82, 2.24) is 15.2 Å². The Bertz CT molecular complexity index is 1880. The Morgan fingerprint density at radius 2 is 1.52 bits per heavy atom. The van der Waals surface area contributed by atoms with Crippen LogP contribution in [0.3, 0.4) is 0 Å². The van der Waals surface area contributed by atoms with E-state index in [1.165, 1.54) is 19.3 Å². The fraction of sp³-hybridized carbons (Fsp3) is 0.617. The Morgan fingerprint density at radius 1 is 0.833 bits per heavy atom. The van der Waals surface area contributed by atoms with Crippen molar-refractivity contribution in [2.75, 3.05) is 19.8 Å². The number of ether oxygens (including phenoxy) is 2. The number of rotatable bonds is 18. The molecular weight excluding hydrogens is 761 g/mol. The van der Waals surface area contributed by atoms with E-state index >= 15 is 0 Å². The second kappa shape index (κ2) is 21.1. The summed E-state index contributed by atoms with van der Waals surface area (Å²) < 4.78 is 18.2.